The van der Waals surface area contributed by atoms with Crippen molar-refractivity contribution in [2.75, 3.05) is 0 Å². The minimum Gasteiger partial charge on any atom is -0.249 e. The fourth-order valence-corrected chi connectivity index (χ4v) is 1.29. The molecule has 0 amide bonds. The van der Waals surface area contributed by atoms with E-state index in [1.54, 1.807) is 0 Å². The van der Waals surface area contributed by atoms with Gasteiger partial charge in [0.15, 0.2) is 0 Å². The summed E-state index contributed by atoms with van der Waals surface area (Å²) < 4.78 is 0. The van der Waals surface area contributed by atoms with Crippen LogP contribution in [-0.2, 0) is 0 Å². The average molecular weight is 203 g/mol. The first kappa shape index (κ1) is 9.10. The largest absolute Gasteiger partial charge is 0.249 e. The maximum absolute atomic E-state index is 5.77. The Morgan fingerprint density at radius 3 is 1.93 bits per heavy atom. The van der Waals surface area contributed by atoms with Gasteiger partial charge in [-0.2, -0.15) is 0 Å². The molecular formula is C12H9ClN. The minimum absolute atomic E-state index is 0.733. The van der Waals surface area contributed by atoms with Crippen LogP contribution in [0.3, 0.4) is 0 Å². The van der Waals surface area contributed by atoms with Gasteiger partial charge in [-0.05, 0) is 36.4 Å². The van der Waals surface area contributed by atoms with E-state index in [-0.39, 0.29) is 0 Å². The molecule has 0 aliphatic carbocycles. The monoisotopic (exact) mass is 202 g/mol. The lowest BCUT2D eigenvalue weighted by molar-refractivity contribution is 1.19. The van der Waals surface area contributed by atoms with Gasteiger partial charge in [0.25, 0.3) is 0 Å². The van der Waals surface area contributed by atoms with Crippen molar-refractivity contribution in [3.8, 4) is 0 Å². The molecule has 0 heterocycles. The van der Waals surface area contributed by atoms with E-state index >= 15 is 0 Å². The average Bonchev–Trinajstić information content (AvgIpc) is 2.23. The van der Waals surface area contributed by atoms with Crippen molar-refractivity contribution in [1.82, 2.24) is 5.32 Å². The summed E-state index contributed by atoms with van der Waals surface area (Å²) >= 11 is 5.77. The first-order valence-corrected chi connectivity index (χ1v) is 4.75. The topological polar surface area (TPSA) is 14.1 Å². The summed E-state index contributed by atoms with van der Waals surface area (Å²) in [5.74, 6) is 0. The molecule has 0 atom stereocenters. The fourth-order valence-electron chi connectivity index (χ4n) is 1.17. The number of halogens is 1. The highest BCUT2D eigenvalue weighted by Crippen LogP contribution is 2.18. The molecule has 2 aromatic carbocycles. The van der Waals surface area contributed by atoms with E-state index in [1.165, 1.54) is 0 Å². The molecule has 0 unspecified atom stereocenters. The first-order valence-electron chi connectivity index (χ1n) is 4.37. The Morgan fingerprint density at radius 2 is 1.29 bits per heavy atom. The van der Waals surface area contributed by atoms with E-state index in [9.17, 15) is 0 Å². The summed E-state index contributed by atoms with van der Waals surface area (Å²) in [4.78, 5) is 0. The van der Waals surface area contributed by atoms with Crippen LogP contribution >= 0.6 is 11.6 Å². The Labute approximate surface area is 88.3 Å². The normalized spacial score (nSPS) is 9.79. The summed E-state index contributed by atoms with van der Waals surface area (Å²) in [6.07, 6.45) is 0. The second kappa shape index (κ2) is 4.16. The molecule has 0 aliphatic heterocycles. The molecule has 0 saturated heterocycles. The number of para-hydroxylation sites is 1. The third-order valence-electron chi connectivity index (χ3n) is 1.84. The third kappa shape index (κ3) is 2.27. The van der Waals surface area contributed by atoms with Gasteiger partial charge < -0.3 is 0 Å². The standard InChI is InChI=1S/C12H9ClN/c13-10-6-8-12(9-7-10)14-11-4-2-1-3-5-11/h1-9H. The predicted molar refractivity (Wildman–Crippen MR) is 59.3 cm³/mol. The lowest BCUT2D eigenvalue weighted by Gasteiger charge is -2.01. The Morgan fingerprint density at radius 1 is 0.714 bits per heavy atom. The second-order valence-electron chi connectivity index (χ2n) is 2.92. The molecule has 2 aromatic rings. The Kier molecular flexibility index (Phi) is 2.70. The summed E-state index contributed by atoms with van der Waals surface area (Å²) in [5.41, 5.74) is 1.87. The number of hydrogen-bond acceptors (Lipinski definition) is 0. The molecular weight excluding hydrogens is 194 g/mol. The number of nitrogens with zero attached hydrogens (tertiary/aromatic N) is 1. The van der Waals surface area contributed by atoms with Gasteiger partial charge in [-0.1, -0.05) is 29.8 Å². The van der Waals surface area contributed by atoms with Crippen molar-refractivity contribution < 1.29 is 0 Å². The van der Waals surface area contributed by atoms with E-state index in [0.717, 1.165) is 16.4 Å². The van der Waals surface area contributed by atoms with Crippen LogP contribution in [0.1, 0.15) is 0 Å². The van der Waals surface area contributed by atoms with Gasteiger partial charge in [-0.25, -0.2) is 5.32 Å². The number of hydrogen-bond donors (Lipinski definition) is 0. The Balaban J connectivity index is 2.16. The molecule has 0 aliphatic rings. The lowest BCUT2D eigenvalue weighted by atomic mass is 10.3. The van der Waals surface area contributed by atoms with Gasteiger partial charge in [0.05, 0.1) is 11.4 Å². The second-order valence-corrected chi connectivity index (χ2v) is 3.36. The minimum atomic E-state index is 0.733. The lowest BCUT2D eigenvalue weighted by Crippen LogP contribution is -1.86. The van der Waals surface area contributed by atoms with Crippen LogP contribution in [0.2, 0.25) is 5.02 Å². The molecule has 69 valence electrons. The van der Waals surface area contributed by atoms with E-state index < -0.39 is 0 Å². The third-order valence-corrected chi connectivity index (χ3v) is 2.09. The van der Waals surface area contributed by atoms with Gasteiger partial charge in [0.1, 0.15) is 0 Å². The van der Waals surface area contributed by atoms with Crippen molar-refractivity contribution in [1.29, 1.82) is 0 Å². The zero-order valence-electron chi connectivity index (χ0n) is 7.52. The maximum atomic E-state index is 5.77. The van der Waals surface area contributed by atoms with Crippen molar-refractivity contribution in [2.45, 2.75) is 0 Å². The van der Waals surface area contributed by atoms with E-state index in [1.807, 2.05) is 54.6 Å². The molecule has 2 heteroatoms. The van der Waals surface area contributed by atoms with Crippen LogP contribution < -0.4 is 5.32 Å². The quantitative estimate of drug-likeness (QED) is 0.701. The SMILES string of the molecule is Clc1ccc([N]c2ccccc2)cc1. The molecule has 0 spiro atoms. The van der Waals surface area contributed by atoms with Crippen molar-refractivity contribution in [3.63, 3.8) is 0 Å². The van der Waals surface area contributed by atoms with Crippen LogP contribution in [-0.4, -0.2) is 0 Å². The van der Waals surface area contributed by atoms with Gasteiger partial charge in [0, 0.05) is 5.02 Å². The maximum Gasteiger partial charge on any atom is 0.0637 e. The highest BCUT2D eigenvalue weighted by atomic mass is 35.5. The predicted octanol–water partition coefficient (Wildman–Crippen LogP) is 3.91. The first-order chi connectivity index (χ1) is 6.84. The van der Waals surface area contributed by atoms with Crippen molar-refractivity contribution in [2.24, 2.45) is 0 Å². The van der Waals surface area contributed by atoms with E-state index in [0.29, 0.717) is 0 Å². The Bertz CT molecular complexity index is 394. The van der Waals surface area contributed by atoms with Crippen LogP contribution in [0, 0.1) is 0 Å². The van der Waals surface area contributed by atoms with Crippen LogP contribution in [0.15, 0.2) is 54.6 Å². The summed E-state index contributed by atoms with van der Waals surface area (Å²) in [7, 11) is 0. The molecule has 0 fully saturated rings. The van der Waals surface area contributed by atoms with E-state index in [4.69, 9.17) is 11.6 Å². The highest BCUT2D eigenvalue weighted by Gasteiger charge is 1.95. The van der Waals surface area contributed by atoms with Crippen molar-refractivity contribution >= 4 is 23.0 Å². The van der Waals surface area contributed by atoms with Gasteiger partial charge >= 0.3 is 0 Å². The van der Waals surface area contributed by atoms with Gasteiger partial charge in [-0.15, -0.1) is 0 Å². The number of rotatable bonds is 2. The summed E-state index contributed by atoms with van der Waals surface area (Å²) in [5, 5.41) is 5.16. The van der Waals surface area contributed by atoms with Gasteiger partial charge in [-0.3, -0.25) is 0 Å². The van der Waals surface area contributed by atoms with E-state index in [2.05, 4.69) is 5.32 Å². The highest BCUT2D eigenvalue weighted by molar-refractivity contribution is 6.30. The van der Waals surface area contributed by atoms with Crippen LogP contribution in [0.25, 0.3) is 0 Å². The van der Waals surface area contributed by atoms with Crippen LogP contribution in [0.4, 0.5) is 11.4 Å². The molecule has 2 rings (SSSR count). The van der Waals surface area contributed by atoms with Crippen LogP contribution in [0.5, 0.6) is 0 Å². The zero-order valence-corrected chi connectivity index (χ0v) is 8.28. The molecule has 1 radical (unpaired) electrons. The van der Waals surface area contributed by atoms with Gasteiger partial charge in [0.2, 0.25) is 0 Å². The summed E-state index contributed by atoms with van der Waals surface area (Å²) in [6.45, 7) is 0. The zero-order chi connectivity index (χ0) is 9.80. The molecule has 14 heavy (non-hydrogen) atoms. The Hall–Kier alpha value is -1.47. The molecule has 0 saturated carbocycles. The molecule has 0 N–H and O–H groups in total. The smallest absolute Gasteiger partial charge is 0.0637 e. The molecule has 0 aromatic heterocycles. The molecule has 1 nitrogen and oxygen atoms in total. The summed E-state index contributed by atoms with van der Waals surface area (Å²) in [6, 6.07) is 17.3. The molecule has 0 bridgehead atoms. The van der Waals surface area contributed by atoms with Crippen molar-refractivity contribution in [3.05, 3.63) is 59.6 Å². The number of benzene rings is 2. The fraction of sp³-hybridized carbons (Fsp3) is 0.